The molecule has 0 spiro atoms. The Hall–Kier alpha value is -3.14. The zero-order valence-electron chi connectivity index (χ0n) is 13.3. The third-order valence-electron chi connectivity index (χ3n) is 3.43. The van der Waals surface area contributed by atoms with Crippen LogP contribution in [0.25, 0.3) is 11.1 Å². The molecule has 0 atom stereocenters. The lowest BCUT2D eigenvalue weighted by Crippen LogP contribution is -2.04. The fraction of sp³-hybridized carbons (Fsp3) is 0.100. The summed E-state index contributed by atoms with van der Waals surface area (Å²) in [5.74, 6) is 0.727. The molecule has 0 N–H and O–H groups in total. The molecule has 0 aliphatic rings. The highest BCUT2D eigenvalue weighted by Crippen LogP contribution is 2.24. The number of rotatable bonds is 5. The first-order valence-corrected chi connectivity index (χ1v) is 7.73. The van der Waals surface area contributed by atoms with Crippen molar-refractivity contribution in [3.8, 4) is 22.8 Å². The molecule has 24 heavy (non-hydrogen) atoms. The minimum Gasteiger partial charge on any atom is -0.462 e. The topological polar surface area (TPSA) is 48.4 Å². The average molecular weight is 319 g/mol. The summed E-state index contributed by atoms with van der Waals surface area (Å²) in [5, 5.41) is 0. The standard InChI is InChI=1S/C20H17NO3/c1-2-23-20(22)17-10-13-19(21-14-17)24-18-11-8-16(9-12-18)15-6-4-3-5-7-15/h3-14H,2H2,1H3. The Morgan fingerprint density at radius 3 is 2.25 bits per heavy atom. The molecular weight excluding hydrogens is 302 g/mol. The summed E-state index contributed by atoms with van der Waals surface area (Å²) in [4.78, 5) is 15.7. The highest BCUT2D eigenvalue weighted by atomic mass is 16.5. The molecule has 0 saturated carbocycles. The molecule has 0 amide bonds. The Bertz CT molecular complexity index is 797. The average Bonchev–Trinajstić information content (AvgIpc) is 2.64. The minimum atomic E-state index is -0.385. The number of pyridine rings is 1. The lowest BCUT2D eigenvalue weighted by atomic mass is 10.1. The first kappa shape index (κ1) is 15.7. The van der Waals surface area contributed by atoms with E-state index in [0.717, 1.165) is 11.1 Å². The van der Waals surface area contributed by atoms with Crippen LogP contribution in [0.5, 0.6) is 11.6 Å². The van der Waals surface area contributed by atoms with Gasteiger partial charge >= 0.3 is 5.97 Å². The zero-order chi connectivity index (χ0) is 16.8. The molecule has 0 saturated heterocycles. The largest absolute Gasteiger partial charge is 0.462 e. The van der Waals surface area contributed by atoms with Crippen molar-refractivity contribution in [2.45, 2.75) is 6.92 Å². The molecule has 0 unspecified atom stereocenters. The number of hydrogen-bond acceptors (Lipinski definition) is 4. The number of benzene rings is 2. The minimum absolute atomic E-state index is 0.338. The maximum atomic E-state index is 11.6. The van der Waals surface area contributed by atoms with Gasteiger partial charge in [-0.25, -0.2) is 9.78 Å². The second kappa shape index (κ2) is 7.42. The summed E-state index contributed by atoms with van der Waals surface area (Å²) in [7, 11) is 0. The van der Waals surface area contributed by atoms with E-state index in [1.54, 1.807) is 19.1 Å². The highest BCUT2D eigenvalue weighted by Gasteiger charge is 2.07. The third-order valence-corrected chi connectivity index (χ3v) is 3.43. The Morgan fingerprint density at radius 1 is 0.917 bits per heavy atom. The zero-order valence-corrected chi connectivity index (χ0v) is 13.3. The van der Waals surface area contributed by atoms with Gasteiger partial charge in [0.2, 0.25) is 5.88 Å². The molecule has 1 aromatic heterocycles. The molecule has 4 heteroatoms. The number of ether oxygens (including phenoxy) is 2. The van der Waals surface area contributed by atoms with Crippen LogP contribution < -0.4 is 4.74 Å². The molecule has 2 aromatic carbocycles. The summed E-state index contributed by atoms with van der Waals surface area (Å²) < 4.78 is 10.6. The highest BCUT2D eigenvalue weighted by molar-refractivity contribution is 5.89. The molecule has 3 aromatic rings. The molecule has 0 bridgehead atoms. The molecule has 120 valence electrons. The molecular formula is C20H17NO3. The smallest absolute Gasteiger partial charge is 0.339 e. The second-order valence-electron chi connectivity index (χ2n) is 5.10. The number of hydrogen-bond donors (Lipinski definition) is 0. The van der Waals surface area contributed by atoms with E-state index in [1.807, 2.05) is 42.5 Å². The van der Waals surface area contributed by atoms with Gasteiger partial charge in [0, 0.05) is 12.3 Å². The van der Waals surface area contributed by atoms with Crippen molar-refractivity contribution in [3.63, 3.8) is 0 Å². The SMILES string of the molecule is CCOC(=O)c1ccc(Oc2ccc(-c3ccccc3)cc2)nc1. The molecule has 0 fully saturated rings. The molecule has 4 nitrogen and oxygen atoms in total. The third kappa shape index (κ3) is 3.79. The van der Waals surface area contributed by atoms with Crippen molar-refractivity contribution < 1.29 is 14.3 Å². The fourth-order valence-corrected chi connectivity index (χ4v) is 2.24. The normalized spacial score (nSPS) is 10.2. The van der Waals surface area contributed by atoms with Crippen LogP contribution in [0.4, 0.5) is 0 Å². The van der Waals surface area contributed by atoms with Crippen molar-refractivity contribution >= 4 is 5.97 Å². The quantitative estimate of drug-likeness (QED) is 0.639. The molecule has 1 heterocycles. The van der Waals surface area contributed by atoms with Gasteiger partial charge in [-0.2, -0.15) is 0 Å². The molecule has 0 radical (unpaired) electrons. The Morgan fingerprint density at radius 2 is 1.62 bits per heavy atom. The fourth-order valence-electron chi connectivity index (χ4n) is 2.24. The van der Waals surface area contributed by atoms with Gasteiger partial charge in [0.1, 0.15) is 5.75 Å². The predicted octanol–water partition coefficient (Wildman–Crippen LogP) is 4.72. The van der Waals surface area contributed by atoms with Gasteiger partial charge in [-0.15, -0.1) is 0 Å². The van der Waals surface area contributed by atoms with Crippen LogP contribution in [0.2, 0.25) is 0 Å². The maximum Gasteiger partial charge on any atom is 0.339 e. The van der Waals surface area contributed by atoms with Gasteiger partial charge in [-0.05, 0) is 36.2 Å². The van der Waals surface area contributed by atoms with Crippen molar-refractivity contribution in [1.29, 1.82) is 0 Å². The van der Waals surface area contributed by atoms with Crippen LogP contribution in [0.15, 0.2) is 72.9 Å². The van der Waals surface area contributed by atoms with E-state index >= 15 is 0 Å². The van der Waals surface area contributed by atoms with Crippen molar-refractivity contribution in [1.82, 2.24) is 4.98 Å². The van der Waals surface area contributed by atoms with E-state index < -0.39 is 0 Å². The van der Waals surface area contributed by atoms with Crippen molar-refractivity contribution in [2.24, 2.45) is 0 Å². The maximum absolute atomic E-state index is 11.6. The van der Waals surface area contributed by atoms with Gasteiger partial charge < -0.3 is 9.47 Å². The number of esters is 1. The Kier molecular flexibility index (Phi) is 4.87. The second-order valence-corrected chi connectivity index (χ2v) is 5.10. The van der Waals surface area contributed by atoms with E-state index in [1.165, 1.54) is 6.20 Å². The van der Waals surface area contributed by atoms with Crippen LogP contribution in [-0.2, 0) is 4.74 Å². The predicted molar refractivity (Wildman–Crippen MR) is 92.1 cm³/mol. The number of aromatic nitrogens is 1. The molecule has 3 rings (SSSR count). The first-order valence-electron chi connectivity index (χ1n) is 7.73. The van der Waals surface area contributed by atoms with E-state index in [0.29, 0.717) is 23.8 Å². The Labute approximate surface area is 140 Å². The number of carbonyl (C=O) groups is 1. The monoisotopic (exact) mass is 319 g/mol. The van der Waals surface area contributed by atoms with Crippen LogP contribution in [0.3, 0.4) is 0 Å². The lowest BCUT2D eigenvalue weighted by molar-refractivity contribution is 0.0526. The molecule has 0 aliphatic heterocycles. The van der Waals surface area contributed by atoms with Gasteiger partial charge in [-0.1, -0.05) is 42.5 Å². The van der Waals surface area contributed by atoms with E-state index in [-0.39, 0.29) is 5.97 Å². The summed E-state index contributed by atoms with van der Waals surface area (Å²) >= 11 is 0. The van der Waals surface area contributed by atoms with Crippen LogP contribution in [0.1, 0.15) is 17.3 Å². The van der Waals surface area contributed by atoms with Gasteiger partial charge in [0.15, 0.2) is 0 Å². The van der Waals surface area contributed by atoms with Gasteiger partial charge in [0.25, 0.3) is 0 Å². The summed E-state index contributed by atoms with van der Waals surface area (Å²) in [6, 6.07) is 21.2. The van der Waals surface area contributed by atoms with Crippen molar-refractivity contribution in [2.75, 3.05) is 6.61 Å². The van der Waals surface area contributed by atoms with Crippen LogP contribution in [0, 0.1) is 0 Å². The van der Waals surface area contributed by atoms with E-state index in [2.05, 4.69) is 17.1 Å². The van der Waals surface area contributed by atoms with Crippen molar-refractivity contribution in [3.05, 3.63) is 78.5 Å². The van der Waals surface area contributed by atoms with Gasteiger partial charge in [-0.3, -0.25) is 0 Å². The molecule has 0 aliphatic carbocycles. The first-order chi connectivity index (χ1) is 11.8. The number of nitrogens with zero attached hydrogens (tertiary/aromatic N) is 1. The van der Waals surface area contributed by atoms with Crippen LogP contribution >= 0.6 is 0 Å². The Balaban J connectivity index is 1.69. The summed E-state index contributed by atoms with van der Waals surface area (Å²) in [6.45, 7) is 2.10. The van der Waals surface area contributed by atoms with E-state index in [9.17, 15) is 4.79 Å². The van der Waals surface area contributed by atoms with Crippen LogP contribution in [-0.4, -0.2) is 17.6 Å². The van der Waals surface area contributed by atoms with E-state index in [4.69, 9.17) is 9.47 Å². The summed E-state index contributed by atoms with van der Waals surface area (Å²) in [6.07, 6.45) is 1.45. The van der Waals surface area contributed by atoms with Gasteiger partial charge in [0.05, 0.1) is 12.2 Å². The lowest BCUT2D eigenvalue weighted by Gasteiger charge is -2.07. The summed E-state index contributed by atoms with van der Waals surface area (Å²) in [5.41, 5.74) is 2.68. The number of carbonyl (C=O) groups excluding carboxylic acids is 1.